The van der Waals surface area contributed by atoms with Crippen LogP contribution in [0.4, 0.5) is 10.1 Å². The Hall–Kier alpha value is -2.45. The quantitative estimate of drug-likeness (QED) is 0.192. The molecule has 0 radical (unpaired) electrons. The van der Waals surface area contributed by atoms with E-state index in [1.165, 1.54) is 29.8 Å². The van der Waals surface area contributed by atoms with Crippen molar-refractivity contribution >= 4 is 62.9 Å². The number of ether oxygens (including phenoxy) is 1. The van der Waals surface area contributed by atoms with Crippen LogP contribution in [0.2, 0.25) is 0 Å². The van der Waals surface area contributed by atoms with E-state index in [1.54, 1.807) is 6.07 Å². The number of carbonyl (C=O) groups is 1. The van der Waals surface area contributed by atoms with Gasteiger partial charge in [0.05, 0.1) is 12.8 Å². The van der Waals surface area contributed by atoms with E-state index in [1.807, 2.05) is 43.3 Å². The fourth-order valence-corrected chi connectivity index (χ4v) is 4.95. The Labute approximate surface area is 207 Å². The number of benzene rings is 3. The van der Waals surface area contributed by atoms with E-state index >= 15 is 0 Å². The zero-order chi connectivity index (χ0) is 22.4. The van der Waals surface area contributed by atoms with Gasteiger partial charge < -0.3 is 10.1 Å². The maximum absolute atomic E-state index is 13.8. The molecule has 156 valence electrons. The minimum Gasteiger partial charge on any atom is -0.487 e. The minimum atomic E-state index is -0.669. The van der Waals surface area contributed by atoms with Crippen molar-refractivity contribution in [1.29, 1.82) is 5.26 Å². The van der Waals surface area contributed by atoms with Crippen molar-refractivity contribution in [3.63, 3.8) is 0 Å². The van der Waals surface area contributed by atoms with Crippen LogP contribution in [0.25, 0.3) is 6.08 Å². The number of nitriles is 1. The van der Waals surface area contributed by atoms with E-state index in [4.69, 9.17) is 4.74 Å². The summed E-state index contributed by atoms with van der Waals surface area (Å²) in [4.78, 5) is 12.4. The second kappa shape index (κ2) is 10.7. The van der Waals surface area contributed by atoms with Gasteiger partial charge in [0.15, 0.2) is 0 Å². The average Bonchev–Trinajstić information content (AvgIpc) is 2.73. The van der Waals surface area contributed by atoms with E-state index in [9.17, 15) is 14.4 Å². The highest BCUT2D eigenvalue weighted by atomic mass is 127. The SMILES string of the molecule is Cc1cccc(COc2c(I)cc(/C=C(/C#N)C(=O)Nc3ccccc3F)cc2I)c1. The monoisotopic (exact) mass is 638 g/mol. The highest BCUT2D eigenvalue weighted by molar-refractivity contribution is 14.1. The molecule has 0 saturated heterocycles. The lowest BCUT2D eigenvalue weighted by Gasteiger charge is -2.12. The lowest BCUT2D eigenvalue weighted by molar-refractivity contribution is -0.112. The largest absolute Gasteiger partial charge is 0.487 e. The van der Waals surface area contributed by atoms with E-state index < -0.39 is 11.7 Å². The average molecular weight is 638 g/mol. The van der Waals surface area contributed by atoms with Gasteiger partial charge in [-0.2, -0.15) is 5.26 Å². The summed E-state index contributed by atoms with van der Waals surface area (Å²) in [7, 11) is 0. The number of amides is 1. The highest BCUT2D eigenvalue weighted by Gasteiger charge is 2.14. The molecule has 0 bridgehead atoms. The third kappa shape index (κ3) is 6.27. The van der Waals surface area contributed by atoms with Gasteiger partial charge in [-0.15, -0.1) is 0 Å². The maximum Gasteiger partial charge on any atom is 0.266 e. The molecule has 0 heterocycles. The Kier molecular flexibility index (Phi) is 8.03. The first-order valence-corrected chi connectivity index (χ1v) is 11.4. The molecule has 0 atom stereocenters. The van der Waals surface area contributed by atoms with Crippen molar-refractivity contribution in [3.8, 4) is 11.8 Å². The van der Waals surface area contributed by atoms with Crippen LogP contribution in [-0.2, 0) is 11.4 Å². The molecule has 3 aromatic carbocycles. The number of hydrogen-bond acceptors (Lipinski definition) is 3. The second-order valence-corrected chi connectivity index (χ2v) is 9.02. The Morgan fingerprint density at radius 3 is 2.48 bits per heavy atom. The fraction of sp³-hybridized carbons (Fsp3) is 0.0833. The van der Waals surface area contributed by atoms with E-state index in [-0.39, 0.29) is 11.3 Å². The molecule has 1 amide bonds. The lowest BCUT2D eigenvalue weighted by atomic mass is 10.1. The molecule has 0 aliphatic rings. The topological polar surface area (TPSA) is 62.1 Å². The van der Waals surface area contributed by atoms with Gasteiger partial charge in [-0.1, -0.05) is 42.0 Å². The molecule has 0 saturated carbocycles. The molecule has 0 fully saturated rings. The molecule has 7 heteroatoms. The Morgan fingerprint density at radius 2 is 1.84 bits per heavy atom. The van der Waals surface area contributed by atoms with E-state index in [0.29, 0.717) is 12.2 Å². The maximum atomic E-state index is 13.8. The van der Waals surface area contributed by atoms with Gasteiger partial charge in [-0.25, -0.2) is 4.39 Å². The molecule has 31 heavy (non-hydrogen) atoms. The van der Waals surface area contributed by atoms with Crippen molar-refractivity contribution in [2.45, 2.75) is 13.5 Å². The van der Waals surface area contributed by atoms with Crippen LogP contribution in [-0.4, -0.2) is 5.91 Å². The summed E-state index contributed by atoms with van der Waals surface area (Å²) in [5, 5.41) is 11.9. The number of rotatable bonds is 6. The molecular formula is C24H17FI2N2O2. The fourth-order valence-electron chi connectivity index (χ4n) is 2.83. The number of para-hydroxylation sites is 1. The van der Waals surface area contributed by atoms with Gasteiger partial charge in [0.2, 0.25) is 0 Å². The molecule has 0 aromatic heterocycles. The molecule has 0 unspecified atom stereocenters. The number of nitrogens with one attached hydrogen (secondary N) is 1. The molecule has 4 nitrogen and oxygen atoms in total. The Bertz CT molecular complexity index is 1180. The summed E-state index contributed by atoms with van der Waals surface area (Å²) in [6.07, 6.45) is 1.48. The molecule has 1 N–H and O–H groups in total. The van der Waals surface area contributed by atoms with Crippen LogP contribution >= 0.6 is 45.2 Å². The number of halogens is 3. The summed E-state index contributed by atoms with van der Waals surface area (Å²) in [5.74, 6) is -0.487. The molecule has 3 rings (SSSR count). The van der Waals surface area contributed by atoms with Crippen molar-refractivity contribution in [2.24, 2.45) is 0 Å². The Morgan fingerprint density at radius 1 is 1.13 bits per heavy atom. The number of hydrogen-bond donors (Lipinski definition) is 1. The van der Waals surface area contributed by atoms with E-state index in [2.05, 4.69) is 56.6 Å². The van der Waals surface area contributed by atoms with Gasteiger partial charge in [-0.3, -0.25) is 4.79 Å². The molecule has 0 aliphatic heterocycles. The molecule has 0 aliphatic carbocycles. The van der Waals surface area contributed by atoms with Crippen molar-refractivity contribution in [1.82, 2.24) is 0 Å². The van der Waals surface area contributed by atoms with Crippen LogP contribution in [0.5, 0.6) is 5.75 Å². The van der Waals surface area contributed by atoms with Gasteiger partial charge in [0, 0.05) is 0 Å². The van der Waals surface area contributed by atoms with Crippen molar-refractivity contribution < 1.29 is 13.9 Å². The Balaban J connectivity index is 1.78. The first kappa shape index (κ1) is 23.2. The van der Waals surface area contributed by atoms with Crippen molar-refractivity contribution in [3.05, 3.63) is 95.9 Å². The van der Waals surface area contributed by atoms with Gasteiger partial charge in [0.1, 0.15) is 29.8 Å². The number of anilines is 1. The summed E-state index contributed by atoms with van der Waals surface area (Å²) in [6, 6.07) is 19.5. The standard InChI is InChI=1S/C24H17FI2N2O2/c1-15-5-4-6-16(9-15)14-31-23-20(26)11-17(12-21(23)27)10-18(13-28)24(30)29-22-8-3-2-7-19(22)25/h2-12H,14H2,1H3,(H,29,30)/b18-10-. The third-order valence-corrected chi connectivity index (χ3v) is 5.89. The van der Waals surface area contributed by atoms with Gasteiger partial charge in [-0.05, 0) is 93.6 Å². The molecule has 3 aromatic rings. The summed E-state index contributed by atoms with van der Waals surface area (Å²) < 4.78 is 21.5. The van der Waals surface area contributed by atoms with Crippen molar-refractivity contribution in [2.75, 3.05) is 5.32 Å². The molecule has 0 spiro atoms. The summed E-state index contributed by atoms with van der Waals surface area (Å²) >= 11 is 4.34. The third-order valence-electron chi connectivity index (χ3n) is 4.28. The zero-order valence-corrected chi connectivity index (χ0v) is 20.8. The van der Waals surface area contributed by atoms with Gasteiger partial charge >= 0.3 is 0 Å². The predicted molar refractivity (Wildman–Crippen MR) is 136 cm³/mol. The highest BCUT2D eigenvalue weighted by Crippen LogP contribution is 2.30. The summed E-state index contributed by atoms with van der Waals surface area (Å²) in [5.41, 5.74) is 2.83. The van der Waals surface area contributed by atoms with Crippen LogP contribution in [0, 0.1) is 31.2 Å². The van der Waals surface area contributed by atoms with Crippen LogP contribution in [0.3, 0.4) is 0 Å². The number of aryl methyl sites for hydroxylation is 1. The normalized spacial score (nSPS) is 11.0. The minimum absolute atomic E-state index is 0.0257. The molecular weight excluding hydrogens is 621 g/mol. The van der Waals surface area contributed by atoms with Crippen LogP contribution in [0.15, 0.2) is 66.2 Å². The number of nitrogens with zero attached hydrogens (tertiary/aromatic N) is 1. The first-order chi connectivity index (χ1) is 14.9. The van der Waals surface area contributed by atoms with E-state index in [0.717, 1.165) is 18.5 Å². The predicted octanol–water partition coefficient (Wildman–Crippen LogP) is 6.47. The van der Waals surface area contributed by atoms with Crippen LogP contribution in [0.1, 0.15) is 16.7 Å². The smallest absolute Gasteiger partial charge is 0.266 e. The lowest BCUT2D eigenvalue weighted by Crippen LogP contribution is -2.14. The second-order valence-electron chi connectivity index (χ2n) is 6.70. The first-order valence-electron chi connectivity index (χ1n) is 9.22. The number of carbonyl (C=O) groups excluding carboxylic acids is 1. The summed E-state index contributed by atoms with van der Waals surface area (Å²) in [6.45, 7) is 2.48. The van der Waals surface area contributed by atoms with Crippen LogP contribution < -0.4 is 10.1 Å². The van der Waals surface area contributed by atoms with Gasteiger partial charge in [0.25, 0.3) is 5.91 Å². The zero-order valence-electron chi connectivity index (χ0n) is 16.5.